The van der Waals surface area contributed by atoms with Gasteiger partial charge in [-0.25, -0.2) is 4.98 Å². The van der Waals surface area contributed by atoms with Crippen LogP contribution in [0.3, 0.4) is 0 Å². The van der Waals surface area contributed by atoms with Gasteiger partial charge in [0.05, 0.1) is 13.7 Å². The van der Waals surface area contributed by atoms with Crippen molar-refractivity contribution in [2.75, 3.05) is 20.2 Å². The number of rotatable bonds is 5. The van der Waals surface area contributed by atoms with Crippen LogP contribution >= 0.6 is 0 Å². The smallest absolute Gasteiger partial charge is 0.254 e. The highest BCUT2D eigenvalue weighted by Crippen LogP contribution is 2.56. The molecular formula is C20H26N4O2. The van der Waals surface area contributed by atoms with Gasteiger partial charge in [0.25, 0.3) is 5.91 Å². The van der Waals surface area contributed by atoms with Crippen LogP contribution in [0.2, 0.25) is 0 Å². The number of aryl methyl sites for hydroxylation is 1. The first-order chi connectivity index (χ1) is 12.6. The molecule has 1 aliphatic carbocycles. The van der Waals surface area contributed by atoms with Crippen molar-refractivity contribution < 1.29 is 9.53 Å². The predicted molar refractivity (Wildman–Crippen MR) is 99.0 cm³/mol. The molecule has 1 saturated carbocycles. The number of piperidine rings is 1. The molecule has 1 N–H and O–H groups in total. The van der Waals surface area contributed by atoms with Crippen LogP contribution in [0, 0.1) is 5.41 Å². The zero-order valence-corrected chi connectivity index (χ0v) is 15.4. The lowest BCUT2D eigenvalue weighted by molar-refractivity contribution is 0.0685. The molecule has 26 heavy (non-hydrogen) atoms. The Bertz CT molecular complexity index is 777. The summed E-state index contributed by atoms with van der Waals surface area (Å²) < 4.78 is 7.21. The van der Waals surface area contributed by atoms with E-state index in [1.54, 1.807) is 13.3 Å². The van der Waals surface area contributed by atoms with Gasteiger partial charge in [-0.2, -0.15) is 0 Å². The lowest BCUT2D eigenvalue weighted by atomic mass is 9.93. The number of imidazole rings is 1. The maximum absolute atomic E-state index is 13.3. The van der Waals surface area contributed by atoms with Crippen molar-refractivity contribution in [3.05, 3.63) is 48.0 Å². The summed E-state index contributed by atoms with van der Waals surface area (Å²) in [4.78, 5) is 19.8. The highest BCUT2D eigenvalue weighted by Gasteiger charge is 2.57. The van der Waals surface area contributed by atoms with Gasteiger partial charge in [0.1, 0.15) is 11.6 Å². The summed E-state index contributed by atoms with van der Waals surface area (Å²) in [6.07, 6.45) is 7.10. The summed E-state index contributed by atoms with van der Waals surface area (Å²) in [6, 6.07) is 7.70. The molecule has 2 heterocycles. The molecular weight excluding hydrogens is 328 g/mol. The molecule has 2 aliphatic rings. The lowest BCUT2D eigenvalue weighted by Gasteiger charge is -2.29. The van der Waals surface area contributed by atoms with Gasteiger partial charge in [-0.3, -0.25) is 4.79 Å². The van der Waals surface area contributed by atoms with Crippen LogP contribution in [-0.4, -0.2) is 46.6 Å². The number of benzene rings is 1. The van der Waals surface area contributed by atoms with Gasteiger partial charge in [0.15, 0.2) is 0 Å². The third-order valence-corrected chi connectivity index (χ3v) is 5.95. The Kier molecular flexibility index (Phi) is 4.44. The van der Waals surface area contributed by atoms with Gasteiger partial charge < -0.3 is 19.5 Å². The van der Waals surface area contributed by atoms with Gasteiger partial charge in [0.2, 0.25) is 0 Å². The van der Waals surface area contributed by atoms with Gasteiger partial charge in [0, 0.05) is 31.0 Å². The average Bonchev–Trinajstić information content (AvgIpc) is 3.19. The summed E-state index contributed by atoms with van der Waals surface area (Å²) in [5, 5.41) is 3.43. The Morgan fingerprint density at radius 1 is 1.35 bits per heavy atom. The molecule has 1 spiro atoms. The predicted octanol–water partition coefficient (Wildman–Crippen LogP) is 2.21. The summed E-state index contributed by atoms with van der Waals surface area (Å²) >= 11 is 0. The molecule has 2 aromatic rings. The minimum atomic E-state index is 0.0797. The topological polar surface area (TPSA) is 59.4 Å². The number of amides is 1. The first-order valence-corrected chi connectivity index (χ1v) is 9.25. The fourth-order valence-electron chi connectivity index (χ4n) is 4.15. The number of hydrogen-bond donors (Lipinski definition) is 1. The van der Waals surface area contributed by atoms with E-state index >= 15 is 0 Å². The van der Waals surface area contributed by atoms with E-state index in [0.717, 1.165) is 43.9 Å². The molecule has 2 fully saturated rings. The zero-order chi connectivity index (χ0) is 18.1. The van der Waals surface area contributed by atoms with Gasteiger partial charge in [-0.1, -0.05) is 0 Å². The SMILES string of the molecule is COc1ccc(C(=O)N(Cc2nccn2C)[C@H]2CC23CCNCC3)cc1. The number of ether oxygens (including phenoxy) is 1. The van der Waals surface area contributed by atoms with Crippen molar-refractivity contribution in [3.8, 4) is 5.75 Å². The highest BCUT2D eigenvalue weighted by atomic mass is 16.5. The number of carbonyl (C=O) groups is 1. The average molecular weight is 354 g/mol. The lowest BCUT2D eigenvalue weighted by Crippen LogP contribution is -2.39. The molecule has 1 aliphatic heterocycles. The second-order valence-electron chi connectivity index (χ2n) is 7.45. The first kappa shape index (κ1) is 17.1. The van der Waals surface area contributed by atoms with Gasteiger partial charge >= 0.3 is 0 Å². The van der Waals surface area contributed by atoms with Crippen molar-refractivity contribution in [1.82, 2.24) is 19.8 Å². The molecule has 1 atom stereocenters. The molecule has 138 valence electrons. The Morgan fingerprint density at radius 2 is 2.08 bits per heavy atom. The van der Waals surface area contributed by atoms with Crippen molar-refractivity contribution >= 4 is 5.91 Å². The number of hydrogen-bond acceptors (Lipinski definition) is 4. The molecule has 6 nitrogen and oxygen atoms in total. The highest BCUT2D eigenvalue weighted by molar-refractivity contribution is 5.94. The van der Waals surface area contributed by atoms with E-state index in [4.69, 9.17) is 4.74 Å². The molecule has 1 amide bonds. The van der Waals surface area contributed by atoms with Crippen LogP contribution in [-0.2, 0) is 13.6 Å². The normalized spacial score (nSPS) is 20.8. The number of nitrogens with one attached hydrogen (secondary N) is 1. The Labute approximate surface area is 154 Å². The maximum Gasteiger partial charge on any atom is 0.254 e. The first-order valence-electron chi connectivity index (χ1n) is 9.25. The van der Waals surface area contributed by atoms with Crippen LogP contribution < -0.4 is 10.1 Å². The molecule has 1 saturated heterocycles. The van der Waals surface area contributed by atoms with Crippen molar-refractivity contribution in [3.63, 3.8) is 0 Å². The van der Waals surface area contributed by atoms with E-state index < -0.39 is 0 Å². The number of nitrogens with zero attached hydrogens (tertiary/aromatic N) is 3. The molecule has 6 heteroatoms. The number of aromatic nitrogens is 2. The summed E-state index contributed by atoms with van der Waals surface area (Å²) in [7, 11) is 3.61. The third-order valence-electron chi connectivity index (χ3n) is 5.95. The van der Waals surface area contributed by atoms with Crippen molar-refractivity contribution in [1.29, 1.82) is 0 Å². The van der Waals surface area contributed by atoms with E-state index in [9.17, 15) is 4.79 Å². The van der Waals surface area contributed by atoms with E-state index in [0.29, 0.717) is 23.6 Å². The van der Waals surface area contributed by atoms with Crippen molar-refractivity contribution in [2.24, 2.45) is 12.5 Å². The number of methoxy groups -OCH3 is 1. The minimum absolute atomic E-state index is 0.0797. The molecule has 1 aromatic heterocycles. The van der Waals surface area contributed by atoms with Crippen LogP contribution in [0.25, 0.3) is 0 Å². The fraction of sp³-hybridized carbons (Fsp3) is 0.500. The van der Waals surface area contributed by atoms with Gasteiger partial charge in [-0.05, 0) is 62.0 Å². The van der Waals surface area contributed by atoms with Crippen LogP contribution in [0.1, 0.15) is 35.4 Å². The Morgan fingerprint density at radius 3 is 2.69 bits per heavy atom. The summed E-state index contributed by atoms with van der Waals surface area (Å²) in [5.74, 6) is 1.76. The second-order valence-corrected chi connectivity index (χ2v) is 7.45. The molecule has 0 radical (unpaired) electrons. The van der Waals surface area contributed by atoms with Crippen LogP contribution in [0.15, 0.2) is 36.7 Å². The number of carbonyl (C=O) groups excluding carboxylic acids is 1. The quantitative estimate of drug-likeness (QED) is 0.894. The second kappa shape index (κ2) is 6.76. The van der Waals surface area contributed by atoms with E-state index in [2.05, 4.69) is 10.3 Å². The standard InChI is InChI=1S/C20H26N4O2/c1-23-12-11-22-18(23)14-24(17-13-20(17)7-9-21-10-8-20)19(25)15-3-5-16(26-2)6-4-15/h3-6,11-12,17,21H,7-10,13-14H2,1-2H3/t17-/m0/s1. The summed E-state index contributed by atoms with van der Waals surface area (Å²) in [6.45, 7) is 2.64. The third kappa shape index (κ3) is 3.09. The van der Waals surface area contributed by atoms with E-state index in [1.807, 2.05) is 47.0 Å². The molecule has 0 bridgehead atoms. The Hall–Kier alpha value is -2.34. The van der Waals surface area contributed by atoms with Crippen LogP contribution in [0.5, 0.6) is 5.75 Å². The van der Waals surface area contributed by atoms with Crippen molar-refractivity contribution in [2.45, 2.75) is 31.8 Å². The monoisotopic (exact) mass is 354 g/mol. The minimum Gasteiger partial charge on any atom is -0.497 e. The molecule has 0 unspecified atom stereocenters. The van der Waals surface area contributed by atoms with E-state index in [-0.39, 0.29) is 5.91 Å². The van der Waals surface area contributed by atoms with Crippen LogP contribution in [0.4, 0.5) is 0 Å². The van der Waals surface area contributed by atoms with Gasteiger partial charge in [-0.15, -0.1) is 0 Å². The van der Waals surface area contributed by atoms with E-state index in [1.165, 1.54) is 0 Å². The fourth-order valence-corrected chi connectivity index (χ4v) is 4.15. The largest absolute Gasteiger partial charge is 0.497 e. The summed E-state index contributed by atoms with van der Waals surface area (Å²) in [5.41, 5.74) is 0.995. The zero-order valence-electron chi connectivity index (χ0n) is 15.4. The molecule has 1 aromatic carbocycles. The maximum atomic E-state index is 13.3. The molecule has 4 rings (SSSR count). The Balaban J connectivity index is 1.59.